The molecule has 2 aromatic rings. The number of hydrogen-bond donors (Lipinski definition) is 1. The number of urea groups is 1. The van der Waals surface area contributed by atoms with Crippen LogP contribution in [0, 0.1) is 13.8 Å². The van der Waals surface area contributed by atoms with E-state index in [9.17, 15) is 4.79 Å². The second-order valence-corrected chi connectivity index (χ2v) is 5.44. The van der Waals surface area contributed by atoms with Gasteiger partial charge in [0.1, 0.15) is 11.4 Å². The zero-order valence-corrected chi connectivity index (χ0v) is 13.1. The molecule has 0 unspecified atom stereocenters. The Labute approximate surface area is 124 Å². The average Bonchev–Trinajstić information content (AvgIpc) is 2.78. The van der Waals surface area contributed by atoms with Gasteiger partial charge in [0.05, 0.1) is 0 Å². The molecule has 5 heteroatoms. The van der Waals surface area contributed by atoms with Crippen LogP contribution in [-0.4, -0.2) is 18.2 Å². The minimum absolute atomic E-state index is 0.221. The highest BCUT2D eigenvalue weighted by molar-refractivity contribution is 6.01. The fourth-order valence-electron chi connectivity index (χ4n) is 2.22. The smallest absolute Gasteiger partial charge is 0.326 e. The normalized spacial score (nSPS) is 10.8. The van der Waals surface area contributed by atoms with Crippen molar-refractivity contribution < 1.29 is 9.32 Å². The topological polar surface area (TPSA) is 58.4 Å². The van der Waals surface area contributed by atoms with Crippen molar-refractivity contribution in [1.82, 2.24) is 5.16 Å². The van der Waals surface area contributed by atoms with Crippen molar-refractivity contribution in [2.75, 3.05) is 17.3 Å². The molecule has 1 heterocycles. The van der Waals surface area contributed by atoms with Crippen LogP contribution >= 0.6 is 0 Å². The molecular weight excluding hydrogens is 266 g/mol. The van der Waals surface area contributed by atoms with E-state index in [1.54, 1.807) is 14.0 Å². The fraction of sp³-hybridized carbons (Fsp3) is 0.375. The lowest BCUT2D eigenvalue weighted by Crippen LogP contribution is -2.31. The van der Waals surface area contributed by atoms with Gasteiger partial charge in [-0.15, -0.1) is 0 Å². The lowest BCUT2D eigenvalue weighted by molar-refractivity contribution is 0.258. The summed E-state index contributed by atoms with van der Waals surface area (Å²) in [6.07, 6.45) is 0. The Balaban J connectivity index is 2.11. The minimum atomic E-state index is -0.221. The van der Waals surface area contributed by atoms with Crippen LogP contribution in [0.1, 0.15) is 36.8 Å². The number of carbonyl (C=O) groups is 1. The first-order valence-corrected chi connectivity index (χ1v) is 6.97. The van der Waals surface area contributed by atoms with Gasteiger partial charge < -0.3 is 9.84 Å². The maximum absolute atomic E-state index is 12.3. The van der Waals surface area contributed by atoms with E-state index in [2.05, 4.69) is 24.3 Å². The fourth-order valence-corrected chi connectivity index (χ4v) is 2.22. The Hall–Kier alpha value is -2.30. The number of aryl methyl sites for hydroxylation is 2. The van der Waals surface area contributed by atoms with Crippen molar-refractivity contribution in [3.8, 4) is 0 Å². The van der Waals surface area contributed by atoms with Crippen molar-refractivity contribution in [2.24, 2.45) is 0 Å². The number of amides is 2. The Morgan fingerprint density at radius 2 is 1.86 bits per heavy atom. The second kappa shape index (κ2) is 5.99. The van der Waals surface area contributed by atoms with Crippen LogP contribution in [0.15, 0.2) is 28.8 Å². The van der Waals surface area contributed by atoms with Crippen LogP contribution in [-0.2, 0) is 0 Å². The van der Waals surface area contributed by atoms with Gasteiger partial charge in [-0.2, -0.15) is 0 Å². The highest BCUT2D eigenvalue weighted by atomic mass is 16.5. The molecule has 112 valence electrons. The number of aromatic nitrogens is 1. The number of carbonyl (C=O) groups excluding carboxylic acids is 1. The molecule has 0 saturated carbocycles. The predicted molar refractivity (Wildman–Crippen MR) is 83.9 cm³/mol. The highest BCUT2D eigenvalue weighted by Crippen LogP contribution is 2.24. The van der Waals surface area contributed by atoms with E-state index in [1.807, 2.05) is 31.2 Å². The summed E-state index contributed by atoms with van der Waals surface area (Å²) in [6, 6.07) is 7.65. The molecule has 0 radical (unpaired) electrons. The van der Waals surface area contributed by atoms with Crippen LogP contribution < -0.4 is 10.2 Å². The van der Waals surface area contributed by atoms with Crippen molar-refractivity contribution in [1.29, 1.82) is 0 Å². The summed E-state index contributed by atoms with van der Waals surface area (Å²) in [5, 5.41) is 6.73. The van der Waals surface area contributed by atoms with Crippen molar-refractivity contribution in [3.05, 3.63) is 41.3 Å². The zero-order chi connectivity index (χ0) is 15.6. The van der Waals surface area contributed by atoms with Gasteiger partial charge in [0, 0.05) is 12.7 Å². The Kier molecular flexibility index (Phi) is 4.31. The molecule has 2 rings (SSSR count). The number of nitrogens with one attached hydrogen (secondary N) is 1. The van der Waals surface area contributed by atoms with E-state index >= 15 is 0 Å². The van der Waals surface area contributed by atoms with Crippen molar-refractivity contribution >= 4 is 17.4 Å². The van der Waals surface area contributed by atoms with Gasteiger partial charge in [-0.05, 0) is 37.5 Å². The molecule has 1 N–H and O–H groups in total. The molecule has 0 fully saturated rings. The lowest BCUT2D eigenvalue weighted by Gasteiger charge is -2.17. The van der Waals surface area contributed by atoms with Gasteiger partial charge in [0.2, 0.25) is 0 Å². The van der Waals surface area contributed by atoms with Gasteiger partial charge in [0.15, 0.2) is 5.76 Å². The summed E-state index contributed by atoms with van der Waals surface area (Å²) in [5.41, 5.74) is 3.40. The van der Waals surface area contributed by atoms with E-state index in [1.165, 1.54) is 10.5 Å². The maximum atomic E-state index is 12.3. The highest BCUT2D eigenvalue weighted by Gasteiger charge is 2.19. The molecule has 0 spiro atoms. The molecule has 0 bridgehead atoms. The first-order chi connectivity index (χ1) is 9.90. The molecule has 21 heavy (non-hydrogen) atoms. The maximum Gasteiger partial charge on any atom is 0.326 e. The summed E-state index contributed by atoms with van der Waals surface area (Å²) in [6.45, 7) is 7.88. The molecule has 0 atom stereocenters. The molecular formula is C16H21N3O2. The first-order valence-electron chi connectivity index (χ1n) is 6.97. The third-order valence-electron chi connectivity index (χ3n) is 3.46. The Bertz CT molecular complexity index is 610. The molecule has 0 aliphatic heterocycles. The number of hydrogen-bond acceptors (Lipinski definition) is 3. The van der Waals surface area contributed by atoms with Crippen molar-refractivity contribution in [2.45, 2.75) is 33.6 Å². The molecule has 0 aliphatic rings. The van der Waals surface area contributed by atoms with E-state index in [-0.39, 0.29) is 6.03 Å². The van der Waals surface area contributed by atoms with E-state index in [4.69, 9.17) is 4.52 Å². The van der Waals surface area contributed by atoms with E-state index < -0.39 is 0 Å². The average molecular weight is 287 g/mol. The summed E-state index contributed by atoms with van der Waals surface area (Å²) in [4.78, 5) is 13.8. The monoisotopic (exact) mass is 287 g/mol. The SMILES string of the molecule is Cc1noc(C)c1N(C)C(=O)Nc1ccc(C(C)C)cc1. The summed E-state index contributed by atoms with van der Waals surface area (Å²) in [5.74, 6) is 1.10. The van der Waals surface area contributed by atoms with Gasteiger partial charge in [-0.25, -0.2) is 4.79 Å². The molecule has 1 aromatic heterocycles. The van der Waals surface area contributed by atoms with Gasteiger partial charge >= 0.3 is 6.03 Å². The molecule has 2 amide bonds. The summed E-state index contributed by atoms with van der Waals surface area (Å²) >= 11 is 0. The largest absolute Gasteiger partial charge is 0.359 e. The first kappa shape index (κ1) is 15.1. The molecule has 1 aromatic carbocycles. The van der Waals surface area contributed by atoms with Crippen molar-refractivity contribution in [3.63, 3.8) is 0 Å². The van der Waals surface area contributed by atoms with Crippen LogP contribution in [0.25, 0.3) is 0 Å². The van der Waals surface area contributed by atoms with E-state index in [0.29, 0.717) is 23.1 Å². The number of benzene rings is 1. The summed E-state index contributed by atoms with van der Waals surface area (Å²) in [7, 11) is 1.70. The number of nitrogens with zero attached hydrogens (tertiary/aromatic N) is 2. The van der Waals surface area contributed by atoms with Crippen LogP contribution in [0.5, 0.6) is 0 Å². The quantitative estimate of drug-likeness (QED) is 0.925. The van der Waals surface area contributed by atoms with Gasteiger partial charge in [-0.3, -0.25) is 4.90 Å². The van der Waals surface area contributed by atoms with Crippen LogP contribution in [0.4, 0.5) is 16.2 Å². The van der Waals surface area contributed by atoms with Gasteiger partial charge in [-0.1, -0.05) is 31.1 Å². The Morgan fingerprint density at radius 1 is 1.24 bits per heavy atom. The number of rotatable bonds is 3. The van der Waals surface area contributed by atoms with Crippen LogP contribution in [0.2, 0.25) is 0 Å². The predicted octanol–water partition coefficient (Wildman–Crippen LogP) is 4.08. The standard InChI is InChI=1S/C16H21N3O2/c1-10(2)13-6-8-14(9-7-13)17-16(20)19(5)15-11(3)18-21-12(15)4/h6-10H,1-5H3,(H,17,20). The minimum Gasteiger partial charge on any atom is -0.359 e. The zero-order valence-electron chi connectivity index (χ0n) is 13.1. The second-order valence-electron chi connectivity index (χ2n) is 5.44. The lowest BCUT2D eigenvalue weighted by atomic mass is 10.0. The number of anilines is 2. The van der Waals surface area contributed by atoms with E-state index in [0.717, 1.165) is 5.69 Å². The third kappa shape index (κ3) is 3.24. The Morgan fingerprint density at radius 3 is 2.33 bits per heavy atom. The summed E-state index contributed by atoms with van der Waals surface area (Å²) < 4.78 is 5.09. The molecule has 0 aliphatic carbocycles. The molecule has 5 nitrogen and oxygen atoms in total. The third-order valence-corrected chi connectivity index (χ3v) is 3.46. The van der Waals surface area contributed by atoms with Gasteiger partial charge in [0.25, 0.3) is 0 Å². The van der Waals surface area contributed by atoms with Crippen LogP contribution in [0.3, 0.4) is 0 Å². The molecule has 0 saturated heterocycles.